The molecule has 1 fully saturated rings. The van der Waals surface area contributed by atoms with Gasteiger partial charge in [-0.25, -0.2) is 9.97 Å². The van der Waals surface area contributed by atoms with Gasteiger partial charge in [0, 0.05) is 35.7 Å². The van der Waals surface area contributed by atoms with Crippen molar-refractivity contribution in [2.75, 3.05) is 13.1 Å². The normalized spacial score (nSPS) is 17.8. The molecule has 0 spiro atoms. The standard InChI is InChI=1S/C19H18N6O/c26-19(12-3-6-16-17(8-12)21-11-20-16)25-7-1-2-14(10-25)15-5-4-13-9-22-24-18(13)23-15/h3-6,8-9,11,14H,1-2,7,10H2,(H,20,21)(H,22,23,24)/t14-/m1/s1. The molecule has 5 rings (SSSR count). The summed E-state index contributed by atoms with van der Waals surface area (Å²) in [5, 5.41) is 7.96. The lowest BCUT2D eigenvalue weighted by Crippen LogP contribution is -2.39. The SMILES string of the molecule is O=C(c1ccc2nc[nH]c2c1)N1CCC[C@@H](c2ccc3cn[nH]c3n2)C1. The van der Waals surface area contributed by atoms with Crippen molar-refractivity contribution >= 4 is 28.0 Å². The summed E-state index contributed by atoms with van der Waals surface area (Å²) in [6.07, 6.45) is 5.43. The Morgan fingerprint density at radius 2 is 2.19 bits per heavy atom. The summed E-state index contributed by atoms with van der Waals surface area (Å²) in [4.78, 5) is 26.9. The smallest absolute Gasteiger partial charge is 0.253 e. The average molecular weight is 346 g/mol. The van der Waals surface area contributed by atoms with Gasteiger partial charge in [0.2, 0.25) is 0 Å². The minimum atomic E-state index is 0.0637. The summed E-state index contributed by atoms with van der Waals surface area (Å²) >= 11 is 0. The van der Waals surface area contributed by atoms with E-state index in [9.17, 15) is 4.79 Å². The third-order valence-electron chi connectivity index (χ3n) is 5.12. The maximum Gasteiger partial charge on any atom is 0.253 e. The number of hydrogen-bond acceptors (Lipinski definition) is 4. The van der Waals surface area contributed by atoms with Crippen LogP contribution in [-0.4, -0.2) is 49.0 Å². The molecule has 4 aromatic rings. The molecule has 0 saturated carbocycles. The Bertz CT molecular complexity index is 1100. The zero-order chi connectivity index (χ0) is 17.5. The van der Waals surface area contributed by atoms with E-state index in [4.69, 9.17) is 4.98 Å². The zero-order valence-electron chi connectivity index (χ0n) is 14.1. The number of carbonyl (C=O) groups excluding carboxylic acids is 1. The lowest BCUT2D eigenvalue weighted by molar-refractivity contribution is 0.0706. The monoisotopic (exact) mass is 346 g/mol. The number of hydrogen-bond donors (Lipinski definition) is 2. The minimum Gasteiger partial charge on any atom is -0.345 e. The van der Waals surface area contributed by atoms with Crippen LogP contribution in [0.2, 0.25) is 0 Å². The molecular formula is C19H18N6O. The van der Waals surface area contributed by atoms with E-state index in [0.29, 0.717) is 12.1 Å². The van der Waals surface area contributed by atoms with Crippen molar-refractivity contribution in [1.82, 2.24) is 30.0 Å². The van der Waals surface area contributed by atoms with Crippen molar-refractivity contribution in [3.63, 3.8) is 0 Å². The van der Waals surface area contributed by atoms with Gasteiger partial charge in [0.15, 0.2) is 5.65 Å². The third kappa shape index (κ3) is 2.52. The molecule has 0 unspecified atom stereocenters. The van der Waals surface area contributed by atoms with Crippen LogP contribution in [0.5, 0.6) is 0 Å². The van der Waals surface area contributed by atoms with Crippen molar-refractivity contribution in [1.29, 1.82) is 0 Å². The molecule has 26 heavy (non-hydrogen) atoms. The molecule has 1 amide bonds. The molecule has 1 aromatic carbocycles. The molecule has 3 aromatic heterocycles. The number of fused-ring (bicyclic) bond motifs is 2. The molecule has 4 heterocycles. The molecular weight excluding hydrogens is 328 g/mol. The van der Waals surface area contributed by atoms with Crippen LogP contribution in [0.3, 0.4) is 0 Å². The lowest BCUT2D eigenvalue weighted by Gasteiger charge is -2.32. The molecule has 1 aliphatic heterocycles. The first-order valence-electron chi connectivity index (χ1n) is 8.80. The topological polar surface area (TPSA) is 90.6 Å². The van der Waals surface area contributed by atoms with E-state index in [1.54, 1.807) is 12.5 Å². The molecule has 1 atom stereocenters. The summed E-state index contributed by atoms with van der Waals surface area (Å²) in [6, 6.07) is 9.70. The van der Waals surface area contributed by atoms with Crippen molar-refractivity contribution in [2.45, 2.75) is 18.8 Å². The predicted octanol–water partition coefficient (Wildman–Crippen LogP) is 2.85. The molecule has 0 bridgehead atoms. The van der Waals surface area contributed by atoms with Gasteiger partial charge in [-0.2, -0.15) is 5.10 Å². The van der Waals surface area contributed by atoms with E-state index in [0.717, 1.165) is 47.1 Å². The highest BCUT2D eigenvalue weighted by molar-refractivity contribution is 5.97. The number of benzene rings is 1. The molecule has 1 aliphatic rings. The number of aromatic nitrogens is 5. The number of rotatable bonds is 2. The second kappa shape index (κ2) is 5.94. The average Bonchev–Trinajstić information content (AvgIpc) is 3.35. The maximum atomic E-state index is 13.0. The number of carbonyl (C=O) groups is 1. The van der Waals surface area contributed by atoms with E-state index < -0.39 is 0 Å². The van der Waals surface area contributed by atoms with Crippen molar-refractivity contribution in [3.05, 3.63) is 54.1 Å². The van der Waals surface area contributed by atoms with Gasteiger partial charge in [-0.15, -0.1) is 0 Å². The van der Waals surface area contributed by atoms with Crippen LogP contribution < -0.4 is 0 Å². The van der Waals surface area contributed by atoms with Crippen LogP contribution in [0, 0.1) is 0 Å². The molecule has 7 heteroatoms. The highest BCUT2D eigenvalue weighted by Gasteiger charge is 2.26. The van der Waals surface area contributed by atoms with E-state index in [1.165, 1.54) is 0 Å². The summed E-state index contributed by atoms with van der Waals surface area (Å²) in [5.41, 5.74) is 4.27. The fourth-order valence-corrected chi connectivity index (χ4v) is 3.72. The number of nitrogens with zero attached hydrogens (tertiary/aromatic N) is 4. The number of likely N-dealkylation sites (tertiary alicyclic amines) is 1. The molecule has 7 nitrogen and oxygen atoms in total. The Balaban J connectivity index is 1.39. The number of nitrogens with one attached hydrogen (secondary N) is 2. The van der Waals surface area contributed by atoms with Gasteiger partial charge in [0.25, 0.3) is 5.91 Å². The largest absolute Gasteiger partial charge is 0.345 e. The van der Waals surface area contributed by atoms with Crippen LogP contribution in [0.15, 0.2) is 42.9 Å². The molecule has 0 radical (unpaired) electrons. The lowest BCUT2D eigenvalue weighted by atomic mass is 9.93. The maximum absolute atomic E-state index is 13.0. The van der Waals surface area contributed by atoms with Crippen molar-refractivity contribution in [2.24, 2.45) is 0 Å². The van der Waals surface area contributed by atoms with E-state index in [1.807, 2.05) is 35.2 Å². The number of pyridine rings is 1. The number of piperidine rings is 1. The van der Waals surface area contributed by atoms with Gasteiger partial charge in [-0.05, 0) is 43.2 Å². The summed E-state index contributed by atoms with van der Waals surface area (Å²) in [6.45, 7) is 1.47. The molecule has 130 valence electrons. The second-order valence-electron chi connectivity index (χ2n) is 6.77. The molecule has 2 N–H and O–H groups in total. The van der Waals surface area contributed by atoms with E-state index >= 15 is 0 Å². The fourth-order valence-electron chi connectivity index (χ4n) is 3.72. The van der Waals surface area contributed by atoms with Gasteiger partial charge in [0.1, 0.15) is 0 Å². The van der Waals surface area contributed by atoms with Gasteiger partial charge in [0.05, 0.1) is 23.6 Å². The highest BCUT2D eigenvalue weighted by atomic mass is 16.2. The van der Waals surface area contributed by atoms with Crippen LogP contribution in [0.1, 0.15) is 34.8 Å². The number of amides is 1. The Morgan fingerprint density at radius 3 is 3.15 bits per heavy atom. The Morgan fingerprint density at radius 1 is 1.23 bits per heavy atom. The Kier molecular flexibility index (Phi) is 3.44. The van der Waals surface area contributed by atoms with Gasteiger partial charge >= 0.3 is 0 Å². The van der Waals surface area contributed by atoms with Gasteiger partial charge in [-0.1, -0.05) is 0 Å². The quantitative estimate of drug-likeness (QED) is 0.584. The van der Waals surface area contributed by atoms with E-state index in [-0.39, 0.29) is 11.8 Å². The van der Waals surface area contributed by atoms with Crippen LogP contribution in [0.25, 0.3) is 22.1 Å². The first kappa shape index (κ1) is 15.1. The summed E-state index contributed by atoms with van der Waals surface area (Å²) in [7, 11) is 0. The minimum absolute atomic E-state index is 0.0637. The Hall–Kier alpha value is -3.22. The number of H-pyrrole nitrogens is 2. The zero-order valence-corrected chi connectivity index (χ0v) is 14.1. The van der Waals surface area contributed by atoms with Crippen LogP contribution in [0.4, 0.5) is 0 Å². The van der Waals surface area contributed by atoms with Gasteiger partial charge < -0.3 is 9.88 Å². The Labute approximate surface area is 149 Å². The first-order valence-corrected chi connectivity index (χ1v) is 8.80. The predicted molar refractivity (Wildman–Crippen MR) is 97.9 cm³/mol. The first-order chi connectivity index (χ1) is 12.8. The summed E-state index contributed by atoms with van der Waals surface area (Å²) in [5.74, 6) is 0.310. The fraction of sp³-hybridized carbons (Fsp3) is 0.263. The molecule has 1 saturated heterocycles. The molecule has 0 aliphatic carbocycles. The number of imidazole rings is 1. The second-order valence-corrected chi connectivity index (χ2v) is 6.77. The number of aromatic amines is 2. The van der Waals surface area contributed by atoms with Crippen LogP contribution in [-0.2, 0) is 0 Å². The van der Waals surface area contributed by atoms with Gasteiger partial charge in [-0.3, -0.25) is 9.89 Å². The van der Waals surface area contributed by atoms with Crippen LogP contribution >= 0.6 is 0 Å². The van der Waals surface area contributed by atoms with E-state index in [2.05, 4.69) is 20.2 Å². The third-order valence-corrected chi connectivity index (χ3v) is 5.12. The highest BCUT2D eigenvalue weighted by Crippen LogP contribution is 2.28. The summed E-state index contributed by atoms with van der Waals surface area (Å²) < 4.78 is 0. The van der Waals surface area contributed by atoms with Crippen molar-refractivity contribution in [3.8, 4) is 0 Å². The van der Waals surface area contributed by atoms with Crippen molar-refractivity contribution < 1.29 is 4.79 Å².